The number of benzene rings is 2. The third-order valence-corrected chi connectivity index (χ3v) is 6.73. The standard InChI is InChI=1S/C26H27Cl2N5/c1-17(2)30-20-12-15-32(16-13-20)23-11-14-29-26-24(18-7-9-19(27)10-8-18)25(31-33(23)26)21-5-3-4-6-22(21)28/h3-11,14,17,20,30H,12-13,15-16H2,1-2H3. The smallest absolute Gasteiger partial charge is 0.165 e. The molecular formula is C26H27Cl2N5. The summed E-state index contributed by atoms with van der Waals surface area (Å²) in [5.74, 6) is 1.05. The topological polar surface area (TPSA) is 45.5 Å². The zero-order valence-electron chi connectivity index (χ0n) is 18.8. The number of rotatable bonds is 5. The van der Waals surface area contributed by atoms with Gasteiger partial charge in [-0.15, -0.1) is 0 Å². The van der Waals surface area contributed by atoms with E-state index in [9.17, 15) is 0 Å². The SMILES string of the molecule is CC(C)NC1CCN(c2ccnc3c(-c4ccc(Cl)cc4)c(-c4ccccc4Cl)nn23)CC1. The highest BCUT2D eigenvalue weighted by Crippen LogP contribution is 2.39. The summed E-state index contributed by atoms with van der Waals surface area (Å²) in [5, 5.41) is 10.1. The molecule has 1 aliphatic rings. The molecule has 2 aromatic carbocycles. The molecule has 0 radical (unpaired) electrons. The van der Waals surface area contributed by atoms with Gasteiger partial charge in [0, 0.05) is 42.0 Å². The Morgan fingerprint density at radius 1 is 0.970 bits per heavy atom. The molecule has 0 unspecified atom stereocenters. The third kappa shape index (κ3) is 4.45. The van der Waals surface area contributed by atoms with Crippen molar-refractivity contribution in [1.82, 2.24) is 19.9 Å². The quantitative estimate of drug-likeness (QED) is 0.362. The summed E-state index contributed by atoms with van der Waals surface area (Å²) < 4.78 is 1.97. The number of halogens is 2. The Bertz CT molecular complexity index is 1260. The van der Waals surface area contributed by atoms with Crippen molar-refractivity contribution < 1.29 is 0 Å². The van der Waals surface area contributed by atoms with E-state index < -0.39 is 0 Å². The molecule has 0 spiro atoms. The van der Waals surface area contributed by atoms with Crippen LogP contribution in [0.3, 0.4) is 0 Å². The molecule has 1 saturated heterocycles. The Labute approximate surface area is 204 Å². The highest BCUT2D eigenvalue weighted by atomic mass is 35.5. The van der Waals surface area contributed by atoms with Crippen LogP contribution < -0.4 is 10.2 Å². The molecule has 3 heterocycles. The molecule has 5 rings (SSSR count). The van der Waals surface area contributed by atoms with Gasteiger partial charge in [-0.1, -0.05) is 67.4 Å². The first-order chi connectivity index (χ1) is 16.0. The van der Waals surface area contributed by atoms with E-state index in [1.54, 1.807) is 0 Å². The Balaban J connectivity index is 1.62. The van der Waals surface area contributed by atoms with Crippen LogP contribution in [0, 0.1) is 0 Å². The van der Waals surface area contributed by atoms with E-state index in [1.165, 1.54) is 0 Å². The average molecular weight is 480 g/mol. The summed E-state index contributed by atoms with van der Waals surface area (Å²) in [6.07, 6.45) is 4.08. The summed E-state index contributed by atoms with van der Waals surface area (Å²) in [4.78, 5) is 7.16. The lowest BCUT2D eigenvalue weighted by Gasteiger charge is -2.34. The van der Waals surface area contributed by atoms with Gasteiger partial charge in [0.15, 0.2) is 5.65 Å². The second-order valence-electron chi connectivity index (χ2n) is 8.83. The Hall–Kier alpha value is -2.60. The minimum absolute atomic E-state index is 0.500. The minimum Gasteiger partial charge on any atom is -0.356 e. The normalized spacial score (nSPS) is 15.0. The largest absolute Gasteiger partial charge is 0.356 e. The molecule has 0 saturated carbocycles. The number of hydrogen-bond acceptors (Lipinski definition) is 4. The Morgan fingerprint density at radius 3 is 2.39 bits per heavy atom. The van der Waals surface area contributed by atoms with E-state index in [-0.39, 0.29) is 0 Å². The van der Waals surface area contributed by atoms with Crippen molar-refractivity contribution >= 4 is 34.7 Å². The fourth-order valence-corrected chi connectivity index (χ4v) is 4.99. The van der Waals surface area contributed by atoms with Gasteiger partial charge in [-0.2, -0.15) is 9.61 Å². The number of nitrogens with one attached hydrogen (secondary N) is 1. The molecule has 0 bridgehead atoms. The van der Waals surface area contributed by atoms with Crippen LogP contribution in [0.15, 0.2) is 60.8 Å². The predicted molar refractivity (Wildman–Crippen MR) is 137 cm³/mol. The first-order valence-corrected chi connectivity index (χ1v) is 12.2. The van der Waals surface area contributed by atoms with Gasteiger partial charge in [0.25, 0.3) is 0 Å². The van der Waals surface area contributed by atoms with Gasteiger partial charge in [-0.25, -0.2) is 4.98 Å². The zero-order valence-corrected chi connectivity index (χ0v) is 20.3. The van der Waals surface area contributed by atoms with Crippen molar-refractivity contribution in [2.24, 2.45) is 0 Å². The fourth-order valence-electron chi connectivity index (χ4n) is 4.64. The third-order valence-electron chi connectivity index (χ3n) is 6.15. The molecule has 2 aromatic heterocycles. The van der Waals surface area contributed by atoms with Gasteiger partial charge < -0.3 is 10.2 Å². The first kappa shape index (κ1) is 22.2. The van der Waals surface area contributed by atoms with Crippen LogP contribution in [0.1, 0.15) is 26.7 Å². The van der Waals surface area contributed by atoms with Crippen LogP contribution in [0.2, 0.25) is 10.0 Å². The number of aromatic nitrogens is 3. The number of piperidine rings is 1. The van der Waals surface area contributed by atoms with Crippen molar-refractivity contribution in [3.05, 3.63) is 70.8 Å². The van der Waals surface area contributed by atoms with Crippen molar-refractivity contribution in [1.29, 1.82) is 0 Å². The van der Waals surface area contributed by atoms with E-state index in [2.05, 4.69) is 30.1 Å². The van der Waals surface area contributed by atoms with Gasteiger partial charge in [-0.3, -0.25) is 0 Å². The number of fused-ring (bicyclic) bond motifs is 1. The van der Waals surface area contributed by atoms with Crippen LogP contribution in [-0.2, 0) is 0 Å². The lowest BCUT2D eigenvalue weighted by Crippen LogP contribution is -2.45. The van der Waals surface area contributed by atoms with E-state index in [0.29, 0.717) is 22.1 Å². The van der Waals surface area contributed by atoms with Crippen LogP contribution >= 0.6 is 23.2 Å². The van der Waals surface area contributed by atoms with Crippen LogP contribution in [0.25, 0.3) is 28.0 Å². The molecule has 0 amide bonds. The molecule has 33 heavy (non-hydrogen) atoms. The molecule has 5 nitrogen and oxygen atoms in total. The van der Waals surface area contributed by atoms with E-state index in [0.717, 1.165) is 59.8 Å². The van der Waals surface area contributed by atoms with Gasteiger partial charge >= 0.3 is 0 Å². The van der Waals surface area contributed by atoms with Crippen molar-refractivity contribution in [3.8, 4) is 22.4 Å². The second kappa shape index (κ2) is 9.34. The monoisotopic (exact) mass is 479 g/mol. The number of hydrogen-bond donors (Lipinski definition) is 1. The van der Waals surface area contributed by atoms with Crippen molar-refractivity contribution in [2.45, 2.75) is 38.8 Å². The minimum atomic E-state index is 0.500. The molecule has 1 aliphatic heterocycles. The molecular weight excluding hydrogens is 453 g/mol. The van der Waals surface area contributed by atoms with Crippen LogP contribution in [-0.4, -0.2) is 39.8 Å². The van der Waals surface area contributed by atoms with Gasteiger partial charge in [0.2, 0.25) is 0 Å². The highest BCUT2D eigenvalue weighted by molar-refractivity contribution is 6.33. The van der Waals surface area contributed by atoms with Gasteiger partial charge in [0.1, 0.15) is 11.5 Å². The predicted octanol–water partition coefficient (Wildman–Crippen LogP) is 6.34. The molecule has 170 valence electrons. The molecule has 0 atom stereocenters. The summed E-state index contributed by atoms with van der Waals surface area (Å²) in [6, 6.07) is 18.7. The second-order valence-corrected chi connectivity index (χ2v) is 9.68. The molecule has 1 N–H and O–H groups in total. The summed E-state index contributed by atoms with van der Waals surface area (Å²) in [6.45, 7) is 6.36. The zero-order chi connectivity index (χ0) is 22.9. The van der Waals surface area contributed by atoms with E-state index >= 15 is 0 Å². The lowest BCUT2D eigenvalue weighted by molar-refractivity contribution is 0.385. The molecule has 4 aromatic rings. The van der Waals surface area contributed by atoms with Crippen molar-refractivity contribution in [3.63, 3.8) is 0 Å². The van der Waals surface area contributed by atoms with Crippen LogP contribution in [0.4, 0.5) is 5.82 Å². The Kier molecular flexibility index (Phi) is 6.28. The summed E-state index contributed by atoms with van der Waals surface area (Å²) >= 11 is 12.8. The Morgan fingerprint density at radius 2 is 1.70 bits per heavy atom. The summed E-state index contributed by atoms with van der Waals surface area (Å²) in [5.41, 5.74) is 4.48. The van der Waals surface area contributed by atoms with Crippen LogP contribution in [0.5, 0.6) is 0 Å². The van der Waals surface area contributed by atoms with Gasteiger partial charge in [0.05, 0.1) is 10.6 Å². The maximum atomic E-state index is 6.61. The highest BCUT2D eigenvalue weighted by Gasteiger charge is 2.25. The lowest BCUT2D eigenvalue weighted by atomic mass is 10.0. The fraction of sp³-hybridized carbons (Fsp3) is 0.308. The van der Waals surface area contributed by atoms with E-state index in [4.69, 9.17) is 33.3 Å². The molecule has 7 heteroatoms. The number of nitrogens with zero attached hydrogens (tertiary/aromatic N) is 4. The maximum absolute atomic E-state index is 6.61. The van der Waals surface area contributed by atoms with Crippen molar-refractivity contribution in [2.75, 3.05) is 18.0 Å². The number of anilines is 1. The first-order valence-electron chi connectivity index (χ1n) is 11.4. The molecule has 1 fully saturated rings. The van der Waals surface area contributed by atoms with Gasteiger partial charge in [-0.05, 0) is 42.7 Å². The maximum Gasteiger partial charge on any atom is 0.165 e. The van der Waals surface area contributed by atoms with E-state index in [1.807, 2.05) is 59.2 Å². The average Bonchev–Trinajstić information content (AvgIpc) is 3.19. The molecule has 0 aliphatic carbocycles. The summed E-state index contributed by atoms with van der Waals surface area (Å²) in [7, 11) is 0.